The molecule has 3 amide bonds. The number of nitrogens with one attached hydrogen (secondary N) is 1. The van der Waals surface area contributed by atoms with E-state index < -0.39 is 70.1 Å². The smallest absolute Gasteiger partial charge is 0.356 e. The Hall–Kier alpha value is -5.35. The largest absolute Gasteiger partial charge is 0.416 e. The van der Waals surface area contributed by atoms with Crippen molar-refractivity contribution in [1.82, 2.24) is 24.9 Å². The van der Waals surface area contributed by atoms with Crippen LogP contribution in [0.5, 0.6) is 0 Å². The number of hydrogen-bond acceptors (Lipinski definition) is 5. The van der Waals surface area contributed by atoms with E-state index in [4.69, 9.17) is 0 Å². The van der Waals surface area contributed by atoms with Crippen LogP contribution in [-0.2, 0) is 39.8 Å². The Kier molecular flexibility index (Phi) is 12.3. The van der Waals surface area contributed by atoms with E-state index in [1.165, 1.54) is 60.7 Å². The summed E-state index contributed by atoms with van der Waals surface area (Å²) in [5, 5.41) is 2.84. The van der Waals surface area contributed by atoms with Gasteiger partial charge in [-0.05, 0) is 65.1 Å². The van der Waals surface area contributed by atoms with Crippen LogP contribution in [0.1, 0.15) is 51.6 Å². The lowest BCUT2D eigenvalue weighted by Crippen LogP contribution is -2.57. The van der Waals surface area contributed by atoms with Crippen molar-refractivity contribution in [3.8, 4) is 0 Å². The van der Waals surface area contributed by atoms with E-state index in [-0.39, 0.29) is 63.4 Å². The molecule has 0 saturated carbocycles. The highest BCUT2D eigenvalue weighted by Crippen LogP contribution is 2.53. The van der Waals surface area contributed by atoms with Crippen LogP contribution < -0.4 is 5.32 Å². The fourth-order valence-electron chi connectivity index (χ4n) is 8.84. The Morgan fingerprint density at radius 3 is 1.30 bits per heavy atom. The molecule has 8 nitrogen and oxygen atoms in total. The molecule has 2 unspecified atom stereocenters. The fraction of sp³-hybridized carbons (Fsp3) is 0.386. The molecule has 0 spiro atoms. The van der Waals surface area contributed by atoms with E-state index in [1.54, 1.807) is 21.9 Å². The van der Waals surface area contributed by atoms with Gasteiger partial charge in [0, 0.05) is 72.0 Å². The van der Waals surface area contributed by atoms with Crippen LogP contribution in [0.15, 0.2) is 97.1 Å². The quantitative estimate of drug-likeness (QED) is 0.173. The molecule has 0 aromatic heterocycles. The first kappa shape index (κ1) is 42.8. The van der Waals surface area contributed by atoms with E-state index >= 15 is 9.59 Å². The van der Waals surface area contributed by atoms with Gasteiger partial charge in [0.2, 0.25) is 17.7 Å². The zero-order valence-electron chi connectivity index (χ0n) is 32.4. The minimum absolute atomic E-state index is 0.0123. The van der Waals surface area contributed by atoms with Crippen LogP contribution in [-0.4, -0.2) is 96.2 Å². The number of alkyl halides is 6. The Morgan fingerprint density at radius 1 is 0.583 bits per heavy atom. The van der Waals surface area contributed by atoms with Gasteiger partial charge in [0.05, 0.1) is 28.4 Å². The molecule has 16 heteroatoms. The molecule has 3 aliphatic rings. The van der Waals surface area contributed by atoms with Crippen molar-refractivity contribution in [3.05, 3.63) is 142 Å². The van der Waals surface area contributed by atoms with Crippen LogP contribution in [0.25, 0.3) is 0 Å². The van der Waals surface area contributed by atoms with Gasteiger partial charge in [-0.15, -0.1) is 0 Å². The molecule has 0 aliphatic carbocycles. The number of rotatable bonds is 10. The number of amides is 3. The molecule has 3 saturated heterocycles. The first-order valence-corrected chi connectivity index (χ1v) is 19.7. The zero-order valence-corrected chi connectivity index (χ0v) is 32.4. The van der Waals surface area contributed by atoms with E-state index in [2.05, 4.69) is 5.32 Å². The Bertz CT molecular complexity index is 2020. The highest BCUT2D eigenvalue weighted by Gasteiger charge is 2.61. The number of benzene rings is 4. The minimum Gasteiger partial charge on any atom is -0.356 e. The monoisotopic (exact) mass is 841 g/mol. The molecule has 3 fully saturated rings. The van der Waals surface area contributed by atoms with Crippen molar-refractivity contribution >= 4 is 17.7 Å². The normalized spacial score (nSPS) is 20.5. The van der Waals surface area contributed by atoms with Crippen molar-refractivity contribution in [2.45, 2.75) is 43.7 Å². The maximum atomic E-state index is 15.1. The third kappa shape index (κ3) is 9.19. The summed E-state index contributed by atoms with van der Waals surface area (Å²) in [4.78, 5) is 51.7. The van der Waals surface area contributed by atoms with Gasteiger partial charge in [-0.2, -0.15) is 26.3 Å². The molecule has 0 bridgehead atoms. The van der Waals surface area contributed by atoms with Crippen molar-refractivity contribution in [2.24, 2.45) is 5.41 Å². The lowest BCUT2D eigenvalue weighted by atomic mass is 9.60. The van der Waals surface area contributed by atoms with E-state index in [0.29, 0.717) is 37.3 Å². The number of carbonyl (C=O) groups is 3. The third-order valence-electron chi connectivity index (χ3n) is 11.9. The van der Waals surface area contributed by atoms with Gasteiger partial charge in [-0.1, -0.05) is 60.7 Å². The van der Waals surface area contributed by atoms with Crippen molar-refractivity contribution in [1.29, 1.82) is 0 Å². The molecule has 3 heterocycles. The second-order valence-corrected chi connectivity index (χ2v) is 15.6. The van der Waals surface area contributed by atoms with Gasteiger partial charge in [0.25, 0.3) is 0 Å². The number of nitrogens with zero attached hydrogens (tertiary/aromatic N) is 4. The van der Waals surface area contributed by atoms with Gasteiger partial charge < -0.3 is 15.1 Å². The molecule has 1 N–H and O–H groups in total. The summed E-state index contributed by atoms with van der Waals surface area (Å²) in [5.74, 6) is -5.40. The summed E-state index contributed by atoms with van der Waals surface area (Å²) < 4.78 is 109. The number of piperazine rings is 2. The predicted octanol–water partition coefficient (Wildman–Crippen LogP) is 7.06. The molecule has 3 aliphatic heterocycles. The molecule has 4 aromatic rings. The van der Waals surface area contributed by atoms with Gasteiger partial charge in [-0.25, -0.2) is 8.78 Å². The summed E-state index contributed by atoms with van der Waals surface area (Å²) in [6.07, 6.45) is -9.00. The topological polar surface area (TPSA) is 76.2 Å². The predicted molar refractivity (Wildman–Crippen MR) is 205 cm³/mol. The van der Waals surface area contributed by atoms with Crippen LogP contribution >= 0.6 is 0 Å². The second kappa shape index (κ2) is 17.3. The molecular weight excluding hydrogens is 798 g/mol. The lowest BCUT2D eigenvalue weighted by molar-refractivity contribution is -0.150. The maximum absolute atomic E-state index is 15.1. The average Bonchev–Trinajstić information content (AvgIpc) is 3.59. The van der Waals surface area contributed by atoms with E-state index in [1.807, 2.05) is 9.80 Å². The lowest BCUT2D eigenvalue weighted by Gasteiger charge is -2.45. The summed E-state index contributed by atoms with van der Waals surface area (Å²) in [5.41, 5.74) is -1.84. The molecule has 0 radical (unpaired) electrons. The molecule has 2 atom stereocenters. The molecule has 318 valence electrons. The van der Waals surface area contributed by atoms with Gasteiger partial charge in [-0.3, -0.25) is 24.2 Å². The Morgan fingerprint density at radius 2 is 0.967 bits per heavy atom. The molecule has 7 rings (SSSR count). The van der Waals surface area contributed by atoms with Crippen molar-refractivity contribution < 1.29 is 49.5 Å². The standard InChI is InChI=1S/C44H43F8N5O3/c45-35-11-7-31(8-12-35)37(39(58)56-21-17-54(18-22-56)27-29-3-1-5-33(25-29)43(47,48)49)42(15-16-53-41(42)60)38(32-9-13-36(46)14-10-32)40(59)57-23-19-55(20-24-57)28-30-4-2-6-34(26-30)44(50,51)52/h1-14,25-26,37-38H,15-24,27-28H2,(H,53,60). The summed E-state index contributed by atoms with van der Waals surface area (Å²) in [7, 11) is 0. The van der Waals surface area contributed by atoms with E-state index in [0.717, 1.165) is 24.3 Å². The fourth-order valence-corrected chi connectivity index (χ4v) is 8.84. The first-order valence-electron chi connectivity index (χ1n) is 19.7. The van der Waals surface area contributed by atoms with Crippen LogP contribution in [0, 0.1) is 17.0 Å². The number of carbonyl (C=O) groups excluding carboxylic acids is 3. The number of hydrogen-bond donors (Lipinski definition) is 1. The van der Waals surface area contributed by atoms with Crippen LogP contribution in [0.2, 0.25) is 0 Å². The highest BCUT2D eigenvalue weighted by molar-refractivity contribution is 6.01. The minimum atomic E-state index is -4.50. The summed E-state index contributed by atoms with van der Waals surface area (Å²) >= 11 is 0. The average molecular weight is 842 g/mol. The Balaban J connectivity index is 1.18. The van der Waals surface area contributed by atoms with Gasteiger partial charge >= 0.3 is 12.4 Å². The highest BCUT2D eigenvalue weighted by atomic mass is 19.4. The first-order chi connectivity index (χ1) is 28.5. The van der Waals surface area contributed by atoms with Crippen LogP contribution in [0.4, 0.5) is 35.1 Å². The maximum Gasteiger partial charge on any atom is 0.416 e. The SMILES string of the molecule is O=C(C(c1ccc(F)cc1)C1(C(C(=O)N2CCN(Cc3cccc(C(F)(F)F)c3)CC2)c2ccc(F)cc2)CCNC1=O)N1CCN(Cc2cccc(C(F)(F)F)c2)CC1. The van der Waals surface area contributed by atoms with Crippen molar-refractivity contribution in [2.75, 3.05) is 58.9 Å². The molecule has 4 aromatic carbocycles. The zero-order chi connectivity index (χ0) is 42.8. The summed E-state index contributed by atoms with van der Waals surface area (Å²) in [6.45, 7) is 2.28. The Labute approximate surface area is 341 Å². The van der Waals surface area contributed by atoms with E-state index in [9.17, 15) is 39.9 Å². The van der Waals surface area contributed by atoms with Crippen molar-refractivity contribution in [3.63, 3.8) is 0 Å². The second-order valence-electron chi connectivity index (χ2n) is 15.6. The van der Waals surface area contributed by atoms with Gasteiger partial charge in [0.1, 0.15) is 11.6 Å². The van der Waals surface area contributed by atoms with Crippen LogP contribution in [0.3, 0.4) is 0 Å². The third-order valence-corrected chi connectivity index (χ3v) is 11.9. The summed E-state index contributed by atoms with van der Waals surface area (Å²) in [6, 6.07) is 20.4. The molecular formula is C44H43F8N5O3. The molecule has 60 heavy (non-hydrogen) atoms. The van der Waals surface area contributed by atoms with Gasteiger partial charge in [0.15, 0.2) is 0 Å². The number of halogens is 8.